The van der Waals surface area contributed by atoms with Gasteiger partial charge in [-0.05, 0) is 30.3 Å². The highest BCUT2D eigenvalue weighted by Gasteiger charge is 2.15. The Hall–Kier alpha value is -3.15. The summed E-state index contributed by atoms with van der Waals surface area (Å²) < 4.78 is 15.7. The lowest BCUT2D eigenvalue weighted by Gasteiger charge is -2.12. The van der Waals surface area contributed by atoms with E-state index in [1.54, 1.807) is 50.6 Å². The van der Waals surface area contributed by atoms with Crippen LogP contribution in [0.15, 0.2) is 41.2 Å². The largest absolute Gasteiger partial charge is 0.503 e. The first-order valence-corrected chi connectivity index (χ1v) is 7.24. The molecule has 2 aromatic carbocycles. The van der Waals surface area contributed by atoms with Gasteiger partial charge in [0.15, 0.2) is 17.2 Å². The molecule has 0 aliphatic heterocycles. The number of aromatic amines is 1. The maximum atomic E-state index is 12.4. The van der Waals surface area contributed by atoms with Crippen LogP contribution in [0.25, 0.3) is 22.2 Å². The monoisotopic (exact) mass is 327 g/mol. The van der Waals surface area contributed by atoms with Crippen molar-refractivity contribution in [3.63, 3.8) is 0 Å². The summed E-state index contributed by atoms with van der Waals surface area (Å²) in [6, 6.07) is 10.1. The highest BCUT2D eigenvalue weighted by Crippen LogP contribution is 2.34. The lowest BCUT2D eigenvalue weighted by Crippen LogP contribution is -2.05. The van der Waals surface area contributed by atoms with Gasteiger partial charge in [-0.3, -0.25) is 4.79 Å². The Bertz CT molecular complexity index is 962. The van der Waals surface area contributed by atoms with E-state index >= 15 is 0 Å². The third-order valence-electron chi connectivity index (χ3n) is 3.86. The minimum absolute atomic E-state index is 0.307. The van der Waals surface area contributed by atoms with Gasteiger partial charge in [-0.2, -0.15) is 0 Å². The SMILES string of the molecule is COc1ccc2c(=O)c(O)c(-c3ccc(OC)c(OC)c3)[nH]c2c1. The summed E-state index contributed by atoms with van der Waals surface area (Å²) in [5, 5.41) is 10.7. The van der Waals surface area contributed by atoms with Gasteiger partial charge in [-0.1, -0.05) is 0 Å². The number of fused-ring (bicyclic) bond motifs is 1. The van der Waals surface area contributed by atoms with Gasteiger partial charge in [0.1, 0.15) is 5.75 Å². The quantitative estimate of drug-likeness (QED) is 0.770. The first kappa shape index (κ1) is 15.7. The molecule has 0 unspecified atom stereocenters. The maximum absolute atomic E-state index is 12.4. The number of H-pyrrole nitrogens is 1. The van der Waals surface area contributed by atoms with Gasteiger partial charge in [0.25, 0.3) is 0 Å². The van der Waals surface area contributed by atoms with E-state index in [1.807, 2.05) is 0 Å². The van der Waals surface area contributed by atoms with Crippen LogP contribution >= 0.6 is 0 Å². The molecule has 0 atom stereocenters. The molecule has 0 saturated carbocycles. The molecule has 0 radical (unpaired) electrons. The first-order chi connectivity index (χ1) is 11.6. The molecule has 0 fully saturated rings. The van der Waals surface area contributed by atoms with Crippen LogP contribution < -0.4 is 19.6 Å². The Labute approximate surface area is 138 Å². The molecule has 3 aromatic rings. The van der Waals surface area contributed by atoms with Crippen LogP contribution in [0.3, 0.4) is 0 Å². The number of nitrogens with one attached hydrogen (secondary N) is 1. The van der Waals surface area contributed by atoms with Gasteiger partial charge in [-0.25, -0.2) is 0 Å². The van der Waals surface area contributed by atoms with Gasteiger partial charge in [0.2, 0.25) is 5.43 Å². The Balaban J connectivity index is 2.26. The van der Waals surface area contributed by atoms with Crippen LogP contribution in [0.1, 0.15) is 0 Å². The Morgan fingerprint density at radius 1 is 0.917 bits per heavy atom. The van der Waals surface area contributed by atoms with Crippen LogP contribution in [0.5, 0.6) is 23.0 Å². The lowest BCUT2D eigenvalue weighted by atomic mass is 10.1. The predicted octanol–water partition coefficient (Wildman–Crippen LogP) is 2.93. The van der Waals surface area contributed by atoms with Crippen LogP contribution in [-0.2, 0) is 0 Å². The Kier molecular flexibility index (Phi) is 4.04. The first-order valence-electron chi connectivity index (χ1n) is 7.24. The molecule has 0 saturated heterocycles. The number of aromatic nitrogens is 1. The molecule has 6 nitrogen and oxygen atoms in total. The molecule has 1 heterocycles. The second kappa shape index (κ2) is 6.16. The number of rotatable bonds is 4. The molecule has 6 heteroatoms. The summed E-state index contributed by atoms with van der Waals surface area (Å²) in [5.41, 5.74) is 1.03. The fourth-order valence-corrected chi connectivity index (χ4v) is 2.59. The lowest BCUT2D eigenvalue weighted by molar-refractivity contribution is 0.355. The van der Waals surface area contributed by atoms with E-state index in [2.05, 4.69) is 4.98 Å². The third-order valence-corrected chi connectivity index (χ3v) is 3.86. The summed E-state index contributed by atoms with van der Waals surface area (Å²) in [6.07, 6.45) is 0. The molecule has 0 spiro atoms. The molecule has 0 amide bonds. The average Bonchev–Trinajstić information content (AvgIpc) is 2.63. The zero-order valence-corrected chi connectivity index (χ0v) is 13.5. The molecule has 0 bridgehead atoms. The summed E-state index contributed by atoms with van der Waals surface area (Å²) in [7, 11) is 4.61. The van der Waals surface area contributed by atoms with E-state index in [0.717, 1.165) is 0 Å². The fourth-order valence-electron chi connectivity index (χ4n) is 2.59. The molecule has 1 aromatic heterocycles. The molecular weight excluding hydrogens is 310 g/mol. The van der Waals surface area contributed by atoms with Gasteiger partial charge >= 0.3 is 0 Å². The van der Waals surface area contributed by atoms with Gasteiger partial charge in [0.05, 0.1) is 32.5 Å². The number of hydrogen-bond acceptors (Lipinski definition) is 5. The van der Waals surface area contributed by atoms with Crippen molar-refractivity contribution in [2.24, 2.45) is 0 Å². The van der Waals surface area contributed by atoms with Gasteiger partial charge in [-0.15, -0.1) is 0 Å². The Morgan fingerprint density at radius 2 is 1.67 bits per heavy atom. The number of aromatic hydroxyl groups is 1. The molecule has 0 aliphatic rings. The number of ether oxygens (including phenoxy) is 3. The number of pyridine rings is 1. The van der Waals surface area contributed by atoms with E-state index in [4.69, 9.17) is 14.2 Å². The van der Waals surface area contributed by atoms with E-state index in [9.17, 15) is 9.90 Å². The summed E-state index contributed by atoms with van der Waals surface area (Å²) >= 11 is 0. The maximum Gasteiger partial charge on any atom is 0.231 e. The fraction of sp³-hybridized carbons (Fsp3) is 0.167. The van der Waals surface area contributed by atoms with E-state index in [1.165, 1.54) is 7.11 Å². The standard InChI is InChI=1S/C18H17NO5/c1-22-11-5-6-12-13(9-11)19-16(18(21)17(12)20)10-4-7-14(23-2)15(8-10)24-3/h4-9,21H,1-3H3,(H,19,20). The highest BCUT2D eigenvalue weighted by atomic mass is 16.5. The summed E-state index contributed by atoms with van der Waals surface area (Å²) in [6.45, 7) is 0. The summed E-state index contributed by atoms with van der Waals surface area (Å²) in [4.78, 5) is 15.5. The van der Waals surface area contributed by atoms with Crippen LogP contribution in [0, 0.1) is 0 Å². The van der Waals surface area contributed by atoms with Crippen molar-refractivity contribution in [3.8, 4) is 34.3 Å². The average molecular weight is 327 g/mol. The van der Waals surface area contributed by atoms with Crippen LogP contribution in [0.4, 0.5) is 0 Å². The van der Waals surface area contributed by atoms with Gasteiger partial charge in [0, 0.05) is 17.0 Å². The van der Waals surface area contributed by atoms with Crippen molar-refractivity contribution in [1.29, 1.82) is 0 Å². The van der Waals surface area contributed by atoms with Gasteiger partial charge < -0.3 is 24.3 Å². The molecule has 3 rings (SSSR count). The predicted molar refractivity (Wildman–Crippen MR) is 91.3 cm³/mol. The Morgan fingerprint density at radius 3 is 2.33 bits per heavy atom. The van der Waals surface area contributed by atoms with Crippen molar-refractivity contribution >= 4 is 10.9 Å². The molecule has 124 valence electrons. The van der Waals surface area contributed by atoms with Crippen molar-refractivity contribution in [2.45, 2.75) is 0 Å². The minimum atomic E-state index is -0.448. The number of benzene rings is 2. The van der Waals surface area contributed by atoms with Crippen LogP contribution in [-0.4, -0.2) is 31.4 Å². The van der Waals surface area contributed by atoms with Crippen molar-refractivity contribution in [3.05, 3.63) is 46.6 Å². The summed E-state index contributed by atoms with van der Waals surface area (Å²) in [5.74, 6) is 1.33. The number of methoxy groups -OCH3 is 3. The van der Waals surface area contributed by atoms with E-state index in [-0.39, 0.29) is 5.75 Å². The smallest absolute Gasteiger partial charge is 0.231 e. The van der Waals surface area contributed by atoms with Crippen molar-refractivity contribution < 1.29 is 19.3 Å². The van der Waals surface area contributed by atoms with E-state index in [0.29, 0.717) is 39.4 Å². The second-order valence-corrected chi connectivity index (χ2v) is 5.16. The molecular formula is C18H17NO5. The van der Waals surface area contributed by atoms with Crippen molar-refractivity contribution in [2.75, 3.05) is 21.3 Å². The van der Waals surface area contributed by atoms with Crippen molar-refractivity contribution in [1.82, 2.24) is 4.98 Å². The molecule has 2 N–H and O–H groups in total. The van der Waals surface area contributed by atoms with Crippen LogP contribution in [0.2, 0.25) is 0 Å². The third kappa shape index (κ3) is 2.52. The minimum Gasteiger partial charge on any atom is -0.503 e. The zero-order chi connectivity index (χ0) is 17.3. The number of hydrogen-bond donors (Lipinski definition) is 2. The van der Waals surface area contributed by atoms with E-state index < -0.39 is 5.43 Å². The molecule has 24 heavy (non-hydrogen) atoms. The normalized spacial score (nSPS) is 10.6. The topological polar surface area (TPSA) is 80.8 Å². The second-order valence-electron chi connectivity index (χ2n) is 5.16. The molecule has 0 aliphatic carbocycles. The highest BCUT2D eigenvalue weighted by molar-refractivity contribution is 5.86. The zero-order valence-electron chi connectivity index (χ0n) is 13.5.